The van der Waals surface area contributed by atoms with Crippen molar-refractivity contribution in [2.75, 3.05) is 6.61 Å². The maximum absolute atomic E-state index is 11.7. The van der Waals surface area contributed by atoms with Crippen molar-refractivity contribution in [1.29, 1.82) is 0 Å². The summed E-state index contributed by atoms with van der Waals surface area (Å²) in [6.45, 7) is 5.64. The van der Waals surface area contributed by atoms with Crippen LogP contribution >= 0.6 is 11.6 Å². The van der Waals surface area contributed by atoms with Gasteiger partial charge in [0.15, 0.2) is 0 Å². The molecule has 0 fully saturated rings. The Kier molecular flexibility index (Phi) is 4.12. The van der Waals surface area contributed by atoms with Crippen molar-refractivity contribution >= 4 is 17.6 Å². The molecule has 0 atom stereocenters. The number of aryl methyl sites for hydroxylation is 1. The van der Waals surface area contributed by atoms with E-state index in [1.807, 2.05) is 6.92 Å². The summed E-state index contributed by atoms with van der Waals surface area (Å²) in [6.07, 6.45) is 1.52. The molecule has 0 unspecified atom stereocenters. The monoisotopic (exact) mass is 244 g/mol. The Morgan fingerprint density at radius 2 is 2.19 bits per heavy atom. The molecule has 0 bridgehead atoms. The van der Waals surface area contributed by atoms with Crippen LogP contribution in [0.15, 0.2) is 6.20 Å². The van der Waals surface area contributed by atoms with Crippen molar-refractivity contribution in [3.05, 3.63) is 28.6 Å². The molecule has 0 aliphatic carbocycles. The van der Waals surface area contributed by atoms with Gasteiger partial charge in [-0.1, -0.05) is 0 Å². The molecule has 0 saturated heterocycles. The second kappa shape index (κ2) is 5.16. The van der Waals surface area contributed by atoms with E-state index in [1.54, 1.807) is 13.8 Å². The Labute approximate surface area is 99.4 Å². The predicted molar refractivity (Wildman–Crippen MR) is 58.8 cm³/mol. The van der Waals surface area contributed by atoms with E-state index in [9.17, 15) is 10.0 Å². The molecular weight excluding hydrogens is 230 g/mol. The number of rotatable bonds is 3. The first-order valence-corrected chi connectivity index (χ1v) is 5.53. The maximum atomic E-state index is 11.7. The Morgan fingerprint density at radius 3 is 2.69 bits per heavy atom. The molecule has 0 saturated carbocycles. The zero-order valence-corrected chi connectivity index (χ0v) is 10.3. The smallest absolute Gasteiger partial charge is 0.345 e. The van der Waals surface area contributed by atoms with Gasteiger partial charge >= 0.3 is 5.97 Å². The first-order valence-electron chi connectivity index (χ1n) is 5.00. The fraction of sp³-hybridized carbons (Fsp3) is 0.455. The molecule has 1 aromatic rings. The van der Waals surface area contributed by atoms with Crippen LogP contribution in [0.5, 0.6) is 0 Å². The minimum absolute atomic E-state index is 0.0474. The molecule has 0 aliphatic heterocycles. The molecular formula is C11H15ClNO3+. The summed E-state index contributed by atoms with van der Waals surface area (Å²) in [7, 11) is 0. The van der Waals surface area contributed by atoms with Gasteiger partial charge in [-0.2, -0.15) is 0 Å². The van der Waals surface area contributed by atoms with E-state index in [0.717, 1.165) is 15.9 Å². The number of nitrogens with zero attached hydrogens (tertiary/aromatic N) is 1. The molecule has 0 aliphatic rings. The third-order valence-electron chi connectivity index (χ3n) is 2.45. The number of esters is 1. The van der Waals surface area contributed by atoms with E-state index in [2.05, 4.69) is 0 Å². The molecule has 1 N–H and O–H groups in total. The molecule has 0 radical (unpaired) electrons. The molecule has 4 nitrogen and oxygen atoms in total. The average Bonchev–Trinajstić information content (AvgIpc) is 2.23. The summed E-state index contributed by atoms with van der Waals surface area (Å²) in [4.78, 5) is 11.7. The van der Waals surface area contributed by atoms with Crippen LogP contribution in [0, 0.1) is 13.8 Å². The first kappa shape index (κ1) is 12.8. The third-order valence-corrected chi connectivity index (χ3v) is 2.71. The fourth-order valence-corrected chi connectivity index (χ4v) is 1.74. The number of halogens is 1. The number of aromatic nitrogens is 1. The standard InChI is InChI=1S/C11H15ClNO3/c1-4-16-11(14)10-8(3)7(2)6-13(15)9(10)5-12/h6,15H,4-5H2,1-3H3/q+1. The van der Waals surface area contributed by atoms with E-state index in [1.165, 1.54) is 6.20 Å². The summed E-state index contributed by atoms with van der Waals surface area (Å²) in [5, 5.41) is 9.64. The Balaban J connectivity index is 3.38. The topological polar surface area (TPSA) is 50.4 Å². The highest BCUT2D eigenvalue weighted by atomic mass is 35.5. The molecule has 5 heteroatoms. The van der Waals surface area contributed by atoms with Crippen LogP contribution in [0.2, 0.25) is 0 Å². The Bertz CT molecular complexity index is 418. The van der Waals surface area contributed by atoms with Crippen LogP contribution in [-0.2, 0) is 10.6 Å². The predicted octanol–water partition coefficient (Wildman–Crippen LogP) is 1.74. The molecule has 1 rings (SSSR count). The lowest BCUT2D eigenvalue weighted by molar-refractivity contribution is -0.909. The zero-order valence-electron chi connectivity index (χ0n) is 9.58. The van der Waals surface area contributed by atoms with Crippen LogP contribution in [0.3, 0.4) is 0 Å². The largest absolute Gasteiger partial charge is 0.462 e. The van der Waals surface area contributed by atoms with Crippen LogP contribution in [0.4, 0.5) is 0 Å². The highest BCUT2D eigenvalue weighted by Crippen LogP contribution is 2.17. The molecule has 16 heavy (non-hydrogen) atoms. The highest BCUT2D eigenvalue weighted by molar-refractivity contribution is 6.17. The summed E-state index contributed by atoms with van der Waals surface area (Å²) in [5.41, 5.74) is 2.28. The molecule has 0 aromatic carbocycles. The lowest BCUT2D eigenvalue weighted by Crippen LogP contribution is -2.38. The maximum Gasteiger partial charge on any atom is 0.345 e. The van der Waals surface area contributed by atoms with E-state index >= 15 is 0 Å². The van der Waals surface area contributed by atoms with Crippen LogP contribution < -0.4 is 4.73 Å². The average molecular weight is 245 g/mol. The number of pyridine rings is 1. The van der Waals surface area contributed by atoms with Gasteiger partial charge in [0.2, 0.25) is 6.20 Å². The minimum Gasteiger partial charge on any atom is -0.462 e. The quantitative estimate of drug-likeness (QED) is 0.381. The first-order chi connectivity index (χ1) is 7.52. The molecule has 1 aromatic heterocycles. The van der Waals surface area contributed by atoms with Crippen molar-refractivity contribution < 1.29 is 19.5 Å². The van der Waals surface area contributed by atoms with Crippen LogP contribution in [0.25, 0.3) is 0 Å². The van der Waals surface area contributed by atoms with Crippen molar-refractivity contribution in [3.63, 3.8) is 0 Å². The van der Waals surface area contributed by atoms with E-state index in [0.29, 0.717) is 17.9 Å². The number of hydrogen-bond donors (Lipinski definition) is 1. The number of carbonyl (C=O) groups is 1. The van der Waals surface area contributed by atoms with Gasteiger partial charge in [0.05, 0.1) is 6.61 Å². The normalized spacial score (nSPS) is 10.2. The van der Waals surface area contributed by atoms with E-state index in [-0.39, 0.29) is 5.88 Å². The number of hydrogen-bond acceptors (Lipinski definition) is 3. The van der Waals surface area contributed by atoms with Gasteiger partial charge in [-0.25, -0.2) is 4.79 Å². The summed E-state index contributed by atoms with van der Waals surface area (Å²) in [6, 6.07) is 0. The summed E-state index contributed by atoms with van der Waals surface area (Å²) >= 11 is 5.72. The SMILES string of the molecule is CCOC(=O)c1c(C)c(C)c[n+](O)c1CCl. The highest BCUT2D eigenvalue weighted by Gasteiger charge is 2.26. The second-order valence-corrected chi connectivity index (χ2v) is 3.72. The number of carbonyl (C=O) groups excluding carboxylic acids is 1. The molecule has 0 spiro atoms. The third kappa shape index (κ3) is 2.27. The van der Waals surface area contributed by atoms with Crippen molar-refractivity contribution in [2.45, 2.75) is 26.7 Å². The molecule has 1 heterocycles. The van der Waals surface area contributed by atoms with Gasteiger partial charge in [0, 0.05) is 10.3 Å². The number of alkyl halides is 1. The zero-order chi connectivity index (χ0) is 12.3. The lowest BCUT2D eigenvalue weighted by atomic mass is 10.0. The molecule has 0 amide bonds. The van der Waals surface area contributed by atoms with Crippen LogP contribution in [0.1, 0.15) is 34.1 Å². The van der Waals surface area contributed by atoms with Gasteiger partial charge in [0.1, 0.15) is 11.4 Å². The fourth-order valence-electron chi connectivity index (χ4n) is 1.49. The van der Waals surface area contributed by atoms with Crippen molar-refractivity contribution in [2.24, 2.45) is 0 Å². The molecule has 88 valence electrons. The summed E-state index contributed by atoms with van der Waals surface area (Å²) in [5.74, 6) is -0.409. The van der Waals surface area contributed by atoms with Gasteiger partial charge in [-0.15, -0.1) is 11.6 Å². The lowest BCUT2D eigenvalue weighted by Gasteiger charge is -2.08. The van der Waals surface area contributed by atoms with E-state index in [4.69, 9.17) is 16.3 Å². The van der Waals surface area contributed by atoms with Gasteiger partial charge in [-0.3, -0.25) is 5.21 Å². The van der Waals surface area contributed by atoms with Gasteiger partial charge in [0.25, 0.3) is 5.69 Å². The van der Waals surface area contributed by atoms with Gasteiger partial charge < -0.3 is 4.74 Å². The van der Waals surface area contributed by atoms with Crippen molar-refractivity contribution in [3.8, 4) is 0 Å². The number of ether oxygens (including phenoxy) is 1. The minimum atomic E-state index is -0.456. The van der Waals surface area contributed by atoms with Crippen LogP contribution in [-0.4, -0.2) is 17.8 Å². The van der Waals surface area contributed by atoms with Gasteiger partial charge in [-0.05, 0) is 26.3 Å². The Hall–Kier alpha value is -1.29. The second-order valence-electron chi connectivity index (χ2n) is 3.46. The van der Waals surface area contributed by atoms with E-state index < -0.39 is 5.97 Å². The van der Waals surface area contributed by atoms with Crippen molar-refractivity contribution in [1.82, 2.24) is 0 Å². The Morgan fingerprint density at radius 1 is 1.56 bits per heavy atom. The summed E-state index contributed by atoms with van der Waals surface area (Å²) < 4.78 is 5.82.